The summed E-state index contributed by atoms with van der Waals surface area (Å²) < 4.78 is 5.37. The van der Waals surface area contributed by atoms with Gasteiger partial charge in [-0.2, -0.15) is 0 Å². The maximum atomic E-state index is 11.8. The molecule has 7 heteroatoms. The lowest BCUT2D eigenvalue weighted by atomic mass is 9.99. The Hall–Kier alpha value is -3.32. The first-order valence-corrected chi connectivity index (χ1v) is 8.05. The van der Waals surface area contributed by atoms with E-state index in [0.29, 0.717) is 10.9 Å². The number of fused-ring (bicyclic) bond motifs is 1. The largest absolute Gasteiger partial charge is 0.377 e. The first kappa shape index (κ1) is 17.5. The number of carbonyl (C=O) groups is 2. The van der Waals surface area contributed by atoms with Gasteiger partial charge >= 0.3 is 6.03 Å². The van der Waals surface area contributed by atoms with Gasteiger partial charge in [0, 0.05) is 18.0 Å². The van der Waals surface area contributed by atoms with Gasteiger partial charge in [0.25, 0.3) is 5.91 Å². The van der Waals surface area contributed by atoms with E-state index in [-0.39, 0.29) is 17.5 Å². The molecule has 0 radical (unpaired) electrons. The van der Waals surface area contributed by atoms with Crippen LogP contribution in [0.4, 0.5) is 10.6 Å². The van der Waals surface area contributed by atoms with Crippen molar-refractivity contribution in [2.45, 2.75) is 13.0 Å². The molecule has 0 saturated heterocycles. The number of benzene rings is 2. The number of ether oxygens (including phenoxy) is 1. The van der Waals surface area contributed by atoms with E-state index in [0.717, 1.165) is 16.7 Å². The average molecular weight is 352 g/mol. The number of urea groups is 1. The van der Waals surface area contributed by atoms with Crippen molar-refractivity contribution in [3.8, 4) is 11.1 Å². The molecule has 3 aromatic rings. The minimum absolute atomic E-state index is 0.0167. The van der Waals surface area contributed by atoms with Crippen molar-refractivity contribution in [3.05, 3.63) is 53.6 Å². The number of rotatable bonds is 5. The van der Waals surface area contributed by atoms with Crippen molar-refractivity contribution in [1.29, 1.82) is 0 Å². The van der Waals surface area contributed by atoms with E-state index in [1.54, 1.807) is 13.2 Å². The molecule has 134 valence electrons. The fourth-order valence-corrected chi connectivity index (χ4v) is 2.96. The van der Waals surface area contributed by atoms with Crippen molar-refractivity contribution in [2.24, 2.45) is 11.5 Å². The van der Waals surface area contributed by atoms with Gasteiger partial charge in [-0.1, -0.05) is 30.3 Å². The molecule has 3 rings (SSSR count). The molecule has 1 unspecified atom stereocenters. The zero-order chi connectivity index (χ0) is 18.8. The summed E-state index contributed by atoms with van der Waals surface area (Å²) in [6, 6.07) is 12.8. The van der Waals surface area contributed by atoms with Crippen molar-refractivity contribution < 1.29 is 14.3 Å². The van der Waals surface area contributed by atoms with Crippen molar-refractivity contribution >= 4 is 28.7 Å². The van der Waals surface area contributed by atoms with Crippen LogP contribution < -0.4 is 16.8 Å². The highest BCUT2D eigenvalue weighted by molar-refractivity contribution is 6.13. The van der Waals surface area contributed by atoms with Crippen LogP contribution in [0.1, 0.15) is 28.9 Å². The van der Waals surface area contributed by atoms with Crippen LogP contribution in [0.15, 0.2) is 42.5 Å². The molecular formula is C19H20N4O3. The third-order valence-corrected chi connectivity index (χ3v) is 4.34. The SMILES string of the molecule is COC(C)c1cccc(-c2ccc3c(C(N)=O)c(NC(N)=O)[nH]c3c2)c1. The molecule has 0 spiro atoms. The van der Waals surface area contributed by atoms with E-state index in [9.17, 15) is 9.59 Å². The number of aromatic nitrogens is 1. The summed E-state index contributed by atoms with van der Waals surface area (Å²) in [5.74, 6) is -0.456. The molecule has 26 heavy (non-hydrogen) atoms. The molecule has 0 bridgehead atoms. The number of carbonyl (C=O) groups excluding carboxylic acids is 2. The van der Waals surface area contributed by atoms with Crippen molar-refractivity contribution in [2.75, 3.05) is 12.4 Å². The van der Waals surface area contributed by atoms with E-state index in [2.05, 4.69) is 16.4 Å². The predicted octanol–water partition coefficient (Wildman–Crippen LogP) is 3.13. The third-order valence-electron chi connectivity index (χ3n) is 4.34. The van der Waals surface area contributed by atoms with Crippen LogP contribution in [0.25, 0.3) is 22.0 Å². The quantitative estimate of drug-likeness (QED) is 0.564. The number of aromatic amines is 1. The highest BCUT2D eigenvalue weighted by Crippen LogP contribution is 2.31. The van der Waals surface area contributed by atoms with Crippen LogP contribution in [-0.4, -0.2) is 24.0 Å². The minimum Gasteiger partial charge on any atom is -0.377 e. The van der Waals surface area contributed by atoms with E-state index in [1.807, 2.05) is 37.3 Å². The summed E-state index contributed by atoms with van der Waals surface area (Å²) in [5.41, 5.74) is 14.5. The molecule has 0 aliphatic carbocycles. The highest BCUT2D eigenvalue weighted by atomic mass is 16.5. The lowest BCUT2D eigenvalue weighted by Crippen LogP contribution is -2.22. The second-order valence-electron chi connectivity index (χ2n) is 5.99. The summed E-state index contributed by atoms with van der Waals surface area (Å²) in [6.07, 6.45) is -0.0167. The number of H-pyrrole nitrogens is 1. The number of anilines is 1. The molecule has 1 heterocycles. The van der Waals surface area contributed by atoms with E-state index in [4.69, 9.17) is 16.2 Å². The summed E-state index contributed by atoms with van der Waals surface area (Å²) in [5, 5.41) is 3.02. The predicted molar refractivity (Wildman–Crippen MR) is 101 cm³/mol. The molecule has 0 aliphatic rings. The summed E-state index contributed by atoms with van der Waals surface area (Å²) in [7, 11) is 1.67. The van der Waals surface area contributed by atoms with Crippen molar-refractivity contribution in [1.82, 2.24) is 4.98 Å². The number of hydrogen-bond donors (Lipinski definition) is 4. The van der Waals surface area contributed by atoms with Gasteiger partial charge < -0.3 is 21.2 Å². The maximum absolute atomic E-state index is 11.8. The number of nitrogens with two attached hydrogens (primary N) is 2. The summed E-state index contributed by atoms with van der Waals surface area (Å²) >= 11 is 0. The van der Waals surface area contributed by atoms with Crippen LogP contribution in [0.3, 0.4) is 0 Å². The molecule has 0 fully saturated rings. The van der Waals surface area contributed by atoms with E-state index < -0.39 is 11.9 Å². The molecular weight excluding hydrogens is 332 g/mol. The normalized spacial score (nSPS) is 12.1. The molecule has 7 nitrogen and oxygen atoms in total. The highest BCUT2D eigenvalue weighted by Gasteiger charge is 2.18. The second kappa shape index (κ2) is 6.89. The number of amides is 3. The Kier molecular flexibility index (Phi) is 4.64. The van der Waals surface area contributed by atoms with Crippen LogP contribution in [-0.2, 0) is 4.74 Å². The Morgan fingerprint density at radius 1 is 1.12 bits per heavy atom. The molecule has 1 atom stereocenters. The Morgan fingerprint density at radius 2 is 1.85 bits per heavy atom. The van der Waals surface area contributed by atoms with Crippen molar-refractivity contribution in [3.63, 3.8) is 0 Å². The Bertz CT molecular complexity index is 994. The lowest BCUT2D eigenvalue weighted by Gasteiger charge is -2.11. The topological polar surface area (TPSA) is 123 Å². The van der Waals surface area contributed by atoms with Crippen LogP contribution >= 0.6 is 0 Å². The maximum Gasteiger partial charge on any atom is 0.317 e. The Balaban J connectivity index is 2.10. The zero-order valence-corrected chi connectivity index (χ0v) is 14.5. The molecule has 0 aliphatic heterocycles. The van der Waals surface area contributed by atoms with Gasteiger partial charge in [0.05, 0.1) is 11.7 Å². The Labute approximate surface area is 150 Å². The summed E-state index contributed by atoms with van der Waals surface area (Å²) in [4.78, 5) is 25.9. The minimum atomic E-state index is -0.777. The number of nitrogens with one attached hydrogen (secondary N) is 2. The smallest absolute Gasteiger partial charge is 0.317 e. The monoisotopic (exact) mass is 352 g/mol. The molecule has 0 saturated carbocycles. The van der Waals surface area contributed by atoms with Gasteiger partial charge in [0.2, 0.25) is 0 Å². The standard InChI is InChI=1S/C19H20N4O3/c1-10(26-2)11-4-3-5-12(8-11)13-6-7-14-15(9-13)22-18(23-19(21)25)16(14)17(20)24/h3-10,22H,1-2H3,(H2,20,24)(H3,21,23,25). The first-order chi connectivity index (χ1) is 12.4. The molecule has 2 aromatic carbocycles. The second-order valence-corrected chi connectivity index (χ2v) is 5.99. The van der Waals surface area contributed by atoms with Crippen LogP contribution in [0.5, 0.6) is 0 Å². The lowest BCUT2D eigenvalue weighted by molar-refractivity contribution is 0.100. The molecule has 1 aromatic heterocycles. The Morgan fingerprint density at radius 3 is 2.50 bits per heavy atom. The number of hydrogen-bond acceptors (Lipinski definition) is 3. The van der Waals surface area contributed by atoms with Gasteiger partial charge in [0.15, 0.2) is 0 Å². The summed E-state index contributed by atoms with van der Waals surface area (Å²) in [6.45, 7) is 1.98. The fourth-order valence-electron chi connectivity index (χ4n) is 2.96. The molecule has 6 N–H and O–H groups in total. The molecule has 3 amide bonds. The number of primary amides is 2. The van der Waals surface area contributed by atoms with Gasteiger partial charge in [-0.25, -0.2) is 4.79 Å². The number of methoxy groups -OCH3 is 1. The third kappa shape index (κ3) is 3.25. The van der Waals surface area contributed by atoms with Gasteiger partial charge in [-0.05, 0) is 35.7 Å². The van der Waals surface area contributed by atoms with Gasteiger partial charge in [-0.3, -0.25) is 10.1 Å². The van der Waals surface area contributed by atoms with E-state index >= 15 is 0 Å². The zero-order valence-electron chi connectivity index (χ0n) is 14.5. The van der Waals surface area contributed by atoms with E-state index in [1.165, 1.54) is 0 Å². The fraction of sp³-hybridized carbons (Fsp3) is 0.158. The van der Waals surface area contributed by atoms with Gasteiger partial charge in [0.1, 0.15) is 5.82 Å². The van der Waals surface area contributed by atoms with Gasteiger partial charge in [-0.15, -0.1) is 0 Å². The first-order valence-electron chi connectivity index (χ1n) is 8.05. The van der Waals surface area contributed by atoms with Crippen LogP contribution in [0, 0.1) is 0 Å². The average Bonchev–Trinajstić information content (AvgIpc) is 2.97. The van der Waals surface area contributed by atoms with Crippen LogP contribution in [0.2, 0.25) is 0 Å².